The van der Waals surface area contributed by atoms with Crippen LogP contribution in [-0.2, 0) is 11.2 Å². The van der Waals surface area contributed by atoms with Gasteiger partial charge < -0.3 is 14.8 Å². The number of hydrogen-bond acceptors (Lipinski definition) is 3. The average Bonchev–Trinajstić information content (AvgIpc) is 2.55. The zero-order chi connectivity index (χ0) is 20.0. The van der Waals surface area contributed by atoms with Gasteiger partial charge in [0.2, 0.25) is 5.91 Å². The van der Waals surface area contributed by atoms with Gasteiger partial charge in [-0.3, -0.25) is 4.79 Å². The summed E-state index contributed by atoms with van der Waals surface area (Å²) in [5.74, 6) is -0.856. The molecule has 146 valence electrons. The van der Waals surface area contributed by atoms with Crippen molar-refractivity contribution in [3.05, 3.63) is 53.8 Å². The van der Waals surface area contributed by atoms with Gasteiger partial charge in [-0.1, -0.05) is 12.1 Å². The Hall–Kier alpha value is -2.77. The van der Waals surface area contributed by atoms with E-state index in [2.05, 4.69) is 10.1 Å². The molecule has 0 spiro atoms. The standard InChI is InChI=1S/C19H19F4NO3/c1-12(2)26-17-9-6-14(20)11-16(17)24-18(25)10-5-13-3-7-15(8-4-13)27-19(21,22)23/h3-4,6-9,11-12H,5,10H2,1-2H3,(H,24,25). The number of amides is 1. The van der Waals surface area contributed by atoms with Crippen molar-refractivity contribution in [3.63, 3.8) is 0 Å². The van der Waals surface area contributed by atoms with E-state index < -0.39 is 12.2 Å². The van der Waals surface area contributed by atoms with E-state index in [1.165, 1.54) is 42.5 Å². The summed E-state index contributed by atoms with van der Waals surface area (Å²) in [6.45, 7) is 3.61. The fourth-order valence-corrected chi connectivity index (χ4v) is 2.28. The molecule has 0 bridgehead atoms. The van der Waals surface area contributed by atoms with E-state index in [9.17, 15) is 22.4 Å². The van der Waals surface area contributed by atoms with Gasteiger partial charge in [-0.25, -0.2) is 4.39 Å². The van der Waals surface area contributed by atoms with E-state index in [1.807, 2.05) is 0 Å². The maximum absolute atomic E-state index is 13.4. The van der Waals surface area contributed by atoms with Gasteiger partial charge in [0.15, 0.2) is 0 Å². The van der Waals surface area contributed by atoms with Crippen molar-refractivity contribution in [1.82, 2.24) is 0 Å². The zero-order valence-corrected chi connectivity index (χ0v) is 14.8. The third kappa shape index (κ3) is 7.16. The monoisotopic (exact) mass is 385 g/mol. The first-order valence-corrected chi connectivity index (χ1v) is 8.23. The molecule has 0 aliphatic heterocycles. The number of alkyl halides is 3. The molecule has 1 N–H and O–H groups in total. The molecular formula is C19H19F4NO3. The molecule has 0 radical (unpaired) electrons. The van der Waals surface area contributed by atoms with Crippen LogP contribution in [-0.4, -0.2) is 18.4 Å². The van der Waals surface area contributed by atoms with Crippen molar-refractivity contribution in [2.24, 2.45) is 0 Å². The lowest BCUT2D eigenvalue weighted by molar-refractivity contribution is -0.274. The maximum atomic E-state index is 13.4. The third-order valence-electron chi connectivity index (χ3n) is 3.38. The average molecular weight is 385 g/mol. The molecule has 0 saturated carbocycles. The minimum Gasteiger partial charge on any atom is -0.489 e. The van der Waals surface area contributed by atoms with Crippen molar-refractivity contribution in [3.8, 4) is 11.5 Å². The second-order valence-electron chi connectivity index (χ2n) is 6.05. The number of anilines is 1. The maximum Gasteiger partial charge on any atom is 0.573 e. The largest absolute Gasteiger partial charge is 0.573 e. The van der Waals surface area contributed by atoms with Crippen LogP contribution in [0.1, 0.15) is 25.8 Å². The molecule has 0 aliphatic rings. The number of ether oxygens (including phenoxy) is 2. The molecule has 8 heteroatoms. The van der Waals surface area contributed by atoms with E-state index in [-0.39, 0.29) is 29.9 Å². The van der Waals surface area contributed by atoms with Gasteiger partial charge in [0, 0.05) is 12.5 Å². The van der Waals surface area contributed by atoms with Crippen molar-refractivity contribution in [1.29, 1.82) is 0 Å². The van der Waals surface area contributed by atoms with E-state index in [1.54, 1.807) is 13.8 Å². The molecule has 2 rings (SSSR count). The van der Waals surface area contributed by atoms with Crippen LogP contribution in [0.5, 0.6) is 11.5 Å². The Bertz CT molecular complexity index is 774. The van der Waals surface area contributed by atoms with Crippen molar-refractivity contribution in [2.75, 3.05) is 5.32 Å². The van der Waals surface area contributed by atoms with Gasteiger partial charge in [-0.05, 0) is 50.1 Å². The lowest BCUT2D eigenvalue weighted by atomic mass is 10.1. The summed E-state index contributed by atoms with van der Waals surface area (Å²) in [5, 5.41) is 2.59. The van der Waals surface area contributed by atoms with Crippen molar-refractivity contribution >= 4 is 11.6 Å². The second kappa shape index (κ2) is 8.75. The summed E-state index contributed by atoms with van der Waals surface area (Å²) >= 11 is 0. The Balaban J connectivity index is 1.94. The number of carbonyl (C=O) groups is 1. The Morgan fingerprint density at radius 2 is 1.78 bits per heavy atom. The predicted molar refractivity (Wildman–Crippen MR) is 92.2 cm³/mol. The van der Waals surface area contributed by atoms with E-state index in [4.69, 9.17) is 4.74 Å². The highest BCUT2D eigenvalue weighted by Crippen LogP contribution is 2.27. The summed E-state index contributed by atoms with van der Waals surface area (Å²) in [5.41, 5.74) is 0.889. The summed E-state index contributed by atoms with van der Waals surface area (Å²) in [7, 11) is 0. The first kappa shape index (κ1) is 20.5. The van der Waals surface area contributed by atoms with Crippen LogP contribution >= 0.6 is 0 Å². The zero-order valence-electron chi connectivity index (χ0n) is 14.8. The molecule has 27 heavy (non-hydrogen) atoms. The topological polar surface area (TPSA) is 47.6 Å². The number of halogens is 4. The lowest BCUT2D eigenvalue weighted by Gasteiger charge is -2.15. The molecule has 0 fully saturated rings. The van der Waals surface area contributed by atoms with Crippen LogP contribution in [0, 0.1) is 5.82 Å². The summed E-state index contributed by atoms with van der Waals surface area (Å²) < 4.78 is 59.2. The highest BCUT2D eigenvalue weighted by molar-refractivity contribution is 5.92. The van der Waals surface area contributed by atoms with E-state index in [0.29, 0.717) is 17.7 Å². The first-order chi connectivity index (χ1) is 12.6. The number of nitrogens with one attached hydrogen (secondary N) is 1. The lowest BCUT2D eigenvalue weighted by Crippen LogP contribution is -2.17. The van der Waals surface area contributed by atoms with Gasteiger partial charge in [0.1, 0.15) is 17.3 Å². The normalized spacial score (nSPS) is 11.4. The molecule has 4 nitrogen and oxygen atoms in total. The van der Waals surface area contributed by atoms with Gasteiger partial charge >= 0.3 is 6.36 Å². The minimum atomic E-state index is -4.75. The molecule has 0 unspecified atom stereocenters. The Kier molecular flexibility index (Phi) is 6.65. The van der Waals surface area contributed by atoms with Crippen LogP contribution in [0.4, 0.5) is 23.2 Å². The molecular weight excluding hydrogens is 366 g/mol. The molecule has 1 amide bonds. The van der Waals surface area contributed by atoms with Crippen molar-refractivity contribution in [2.45, 2.75) is 39.2 Å². The highest BCUT2D eigenvalue weighted by atomic mass is 19.4. The van der Waals surface area contributed by atoms with E-state index in [0.717, 1.165) is 0 Å². The summed E-state index contributed by atoms with van der Waals surface area (Å²) in [4.78, 5) is 12.1. The van der Waals surface area contributed by atoms with Gasteiger partial charge in [-0.15, -0.1) is 13.2 Å². The number of aryl methyl sites for hydroxylation is 1. The third-order valence-corrected chi connectivity index (χ3v) is 3.38. The number of rotatable bonds is 7. The molecule has 0 atom stereocenters. The molecule has 0 saturated heterocycles. The second-order valence-corrected chi connectivity index (χ2v) is 6.05. The fourth-order valence-electron chi connectivity index (χ4n) is 2.28. The fraction of sp³-hybridized carbons (Fsp3) is 0.316. The van der Waals surface area contributed by atoms with Crippen LogP contribution in [0.25, 0.3) is 0 Å². The Morgan fingerprint density at radius 1 is 1.11 bits per heavy atom. The van der Waals surface area contributed by atoms with Gasteiger partial charge in [0.05, 0.1) is 11.8 Å². The number of hydrogen-bond donors (Lipinski definition) is 1. The smallest absolute Gasteiger partial charge is 0.489 e. The van der Waals surface area contributed by atoms with Crippen molar-refractivity contribution < 1.29 is 31.8 Å². The molecule has 0 heterocycles. The SMILES string of the molecule is CC(C)Oc1ccc(F)cc1NC(=O)CCc1ccc(OC(F)(F)F)cc1. The Morgan fingerprint density at radius 3 is 2.37 bits per heavy atom. The molecule has 2 aromatic carbocycles. The first-order valence-electron chi connectivity index (χ1n) is 8.23. The number of benzene rings is 2. The molecule has 0 aromatic heterocycles. The van der Waals surface area contributed by atoms with E-state index >= 15 is 0 Å². The summed E-state index contributed by atoms with van der Waals surface area (Å²) in [6, 6.07) is 9.10. The van der Waals surface area contributed by atoms with Gasteiger partial charge in [0.25, 0.3) is 0 Å². The van der Waals surface area contributed by atoms with Crippen LogP contribution in [0.2, 0.25) is 0 Å². The molecule has 0 aliphatic carbocycles. The van der Waals surface area contributed by atoms with Crippen LogP contribution < -0.4 is 14.8 Å². The minimum absolute atomic E-state index is 0.0666. The quantitative estimate of drug-likeness (QED) is 0.676. The predicted octanol–water partition coefficient (Wildman–Crippen LogP) is 5.08. The Labute approximate surface area is 154 Å². The number of carbonyl (C=O) groups excluding carboxylic acids is 1. The highest BCUT2D eigenvalue weighted by Gasteiger charge is 2.30. The van der Waals surface area contributed by atoms with Gasteiger partial charge in [-0.2, -0.15) is 0 Å². The van der Waals surface area contributed by atoms with Crippen LogP contribution in [0.15, 0.2) is 42.5 Å². The molecule has 2 aromatic rings. The summed E-state index contributed by atoms with van der Waals surface area (Å²) in [6.07, 6.45) is -4.53. The van der Waals surface area contributed by atoms with Crippen LogP contribution in [0.3, 0.4) is 0 Å².